The van der Waals surface area contributed by atoms with Crippen LogP contribution in [0.25, 0.3) is 0 Å². The SMILES string of the molecule is CC1(CNC(=O)c2cc(F)c(F)c(F)c2)CCNCC1. The first-order chi connectivity index (χ1) is 9.41. The van der Waals surface area contributed by atoms with Gasteiger partial charge in [0.2, 0.25) is 0 Å². The molecular formula is C14H17F3N2O. The van der Waals surface area contributed by atoms with Crippen LogP contribution in [0, 0.1) is 22.9 Å². The number of halogens is 3. The van der Waals surface area contributed by atoms with Gasteiger partial charge in [-0.2, -0.15) is 0 Å². The highest BCUT2D eigenvalue weighted by Crippen LogP contribution is 2.26. The number of hydrogen-bond acceptors (Lipinski definition) is 2. The molecule has 0 radical (unpaired) electrons. The molecular weight excluding hydrogens is 269 g/mol. The predicted octanol–water partition coefficient (Wildman–Crippen LogP) is 2.22. The van der Waals surface area contributed by atoms with Crippen LogP contribution in [0.5, 0.6) is 0 Å². The van der Waals surface area contributed by atoms with E-state index in [0.717, 1.165) is 25.9 Å². The Balaban J connectivity index is 2.01. The summed E-state index contributed by atoms with van der Waals surface area (Å²) >= 11 is 0. The second-order valence-electron chi connectivity index (χ2n) is 5.50. The molecule has 0 spiro atoms. The Morgan fingerprint density at radius 2 is 1.80 bits per heavy atom. The lowest BCUT2D eigenvalue weighted by Gasteiger charge is -2.34. The smallest absolute Gasteiger partial charge is 0.251 e. The molecule has 1 aliphatic rings. The summed E-state index contributed by atoms with van der Waals surface area (Å²) in [4.78, 5) is 11.9. The minimum absolute atomic E-state index is 0.0297. The second kappa shape index (κ2) is 5.83. The van der Waals surface area contributed by atoms with Crippen molar-refractivity contribution in [1.29, 1.82) is 0 Å². The van der Waals surface area contributed by atoms with Crippen molar-refractivity contribution < 1.29 is 18.0 Å². The first-order valence-corrected chi connectivity index (χ1v) is 6.55. The molecule has 2 N–H and O–H groups in total. The molecule has 2 rings (SSSR count). The van der Waals surface area contributed by atoms with E-state index in [1.807, 2.05) is 0 Å². The van der Waals surface area contributed by atoms with Crippen molar-refractivity contribution in [3.63, 3.8) is 0 Å². The summed E-state index contributed by atoms with van der Waals surface area (Å²) in [5, 5.41) is 5.89. The molecule has 6 heteroatoms. The first kappa shape index (κ1) is 14.8. The van der Waals surface area contributed by atoms with Gasteiger partial charge in [-0.25, -0.2) is 13.2 Å². The highest BCUT2D eigenvalue weighted by molar-refractivity contribution is 5.94. The van der Waals surface area contributed by atoms with Crippen molar-refractivity contribution >= 4 is 5.91 Å². The van der Waals surface area contributed by atoms with Crippen LogP contribution < -0.4 is 10.6 Å². The van der Waals surface area contributed by atoms with Crippen LogP contribution in [0.4, 0.5) is 13.2 Å². The van der Waals surface area contributed by atoms with E-state index in [9.17, 15) is 18.0 Å². The van der Waals surface area contributed by atoms with Crippen LogP contribution in [-0.4, -0.2) is 25.5 Å². The molecule has 0 unspecified atom stereocenters. The molecule has 20 heavy (non-hydrogen) atoms. The Morgan fingerprint density at radius 3 is 2.35 bits per heavy atom. The highest BCUT2D eigenvalue weighted by Gasteiger charge is 2.27. The summed E-state index contributed by atoms with van der Waals surface area (Å²) in [5.74, 6) is -4.87. The Bertz CT molecular complexity index is 490. The van der Waals surface area contributed by atoms with Crippen LogP contribution in [0.3, 0.4) is 0 Å². The Hall–Kier alpha value is -1.56. The monoisotopic (exact) mass is 286 g/mol. The summed E-state index contributed by atoms with van der Waals surface area (Å²) in [5.41, 5.74) is -0.239. The van der Waals surface area contributed by atoms with Gasteiger partial charge in [-0.3, -0.25) is 4.79 Å². The fraction of sp³-hybridized carbons (Fsp3) is 0.500. The number of amides is 1. The van der Waals surface area contributed by atoms with Crippen molar-refractivity contribution in [1.82, 2.24) is 10.6 Å². The van der Waals surface area contributed by atoms with Crippen molar-refractivity contribution in [2.75, 3.05) is 19.6 Å². The van der Waals surface area contributed by atoms with Gasteiger partial charge in [0.25, 0.3) is 5.91 Å². The molecule has 110 valence electrons. The zero-order chi connectivity index (χ0) is 14.8. The van der Waals surface area contributed by atoms with Gasteiger partial charge in [0, 0.05) is 12.1 Å². The first-order valence-electron chi connectivity index (χ1n) is 6.55. The lowest BCUT2D eigenvalue weighted by Crippen LogP contribution is -2.42. The van der Waals surface area contributed by atoms with Crippen LogP contribution in [-0.2, 0) is 0 Å². The molecule has 1 aromatic rings. The lowest BCUT2D eigenvalue weighted by molar-refractivity contribution is 0.0921. The van der Waals surface area contributed by atoms with E-state index < -0.39 is 23.4 Å². The summed E-state index contributed by atoms with van der Waals surface area (Å²) < 4.78 is 39.0. The summed E-state index contributed by atoms with van der Waals surface area (Å²) in [7, 11) is 0. The van der Waals surface area contributed by atoms with Gasteiger partial charge in [-0.05, 0) is 43.5 Å². The summed E-state index contributed by atoms with van der Waals surface area (Å²) in [6.45, 7) is 4.24. The molecule has 1 aliphatic heterocycles. The fourth-order valence-electron chi connectivity index (χ4n) is 2.29. The maximum atomic E-state index is 13.1. The van der Waals surface area contributed by atoms with Gasteiger partial charge in [0.1, 0.15) is 0 Å². The third-order valence-electron chi connectivity index (χ3n) is 3.73. The van der Waals surface area contributed by atoms with E-state index in [4.69, 9.17) is 0 Å². The Kier molecular flexibility index (Phi) is 4.32. The van der Waals surface area contributed by atoms with E-state index in [1.54, 1.807) is 0 Å². The largest absolute Gasteiger partial charge is 0.351 e. The maximum Gasteiger partial charge on any atom is 0.251 e. The average molecular weight is 286 g/mol. The molecule has 0 aliphatic carbocycles. The number of piperidine rings is 1. The van der Waals surface area contributed by atoms with Crippen LogP contribution in [0.15, 0.2) is 12.1 Å². The summed E-state index contributed by atoms with van der Waals surface area (Å²) in [6, 6.07) is 1.41. The molecule has 0 saturated carbocycles. The third-order valence-corrected chi connectivity index (χ3v) is 3.73. The standard InChI is InChI=1S/C14H17F3N2O/c1-14(2-4-18-5-3-14)8-19-13(20)9-6-10(15)12(17)11(16)7-9/h6-7,18H,2-5,8H2,1H3,(H,19,20). The number of carbonyl (C=O) groups is 1. The zero-order valence-corrected chi connectivity index (χ0v) is 11.2. The van der Waals surface area contributed by atoms with Crippen molar-refractivity contribution in [2.24, 2.45) is 5.41 Å². The number of benzene rings is 1. The normalized spacial score (nSPS) is 17.8. The molecule has 1 fully saturated rings. The van der Waals surface area contributed by atoms with Crippen molar-refractivity contribution in [3.05, 3.63) is 35.1 Å². The molecule has 1 amide bonds. The van der Waals surface area contributed by atoms with Gasteiger partial charge >= 0.3 is 0 Å². The molecule has 1 heterocycles. The van der Waals surface area contributed by atoms with Crippen LogP contribution in [0.2, 0.25) is 0 Å². The summed E-state index contributed by atoms with van der Waals surface area (Å²) in [6.07, 6.45) is 1.83. The quantitative estimate of drug-likeness (QED) is 0.837. The van der Waals surface area contributed by atoms with Crippen LogP contribution in [0.1, 0.15) is 30.1 Å². The van der Waals surface area contributed by atoms with E-state index in [0.29, 0.717) is 18.7 Å². The lowest BCUT2D eigenvalue weighted by atomic mass is 9.81. The predicted molar refractivity (Wildman–Crippen MR) is 68.9 cm³/mol. The number of hydrogen-bond donors (Lipinski definition) is 2. The van der Waals surface area contributed by atoms with E-state index in [2.05, 4.69) is 17.6 Å². The minimum atomic E-state index is -1.56. The Labute approximate surface area is 115 Å². The van der Waals surface area contributed by atoms with Gasteiger partial charge in [0.15, 0.2) is 17.5 Å². The molecule has 1 aromatic carbocycles. The van der Waals surface area contributed by atoms with Gasteiger partial charge in [-0.1, -0.05) is 6.92 Å². The average Bonchev–Trinajstić information content (AvgIpc) is 2.42. The van der Waals surface area contributed by atoms with E-state index in [1.165, 1.54) is 0 Å². The molecule has 1 saturated heterocycles. The van der Waals surface area contributed by atoms with Gasteiger partial charge < -0.3 is 10.6 Å². The fourth-order valence-corrected chi connectivity index (χ4v) is 2.29. The topological polar surface area (TPSA) is 41.1 Å². The van der Waals surface area contributed by atoms with Crippen molar-refractivity contribution in [3.8, 4) is 0 Å². The molecule has 3 nitrogen and oxygen atoms in total. The number of rotatable bonds is 3. The minimum Gasteiger partial charge on any atom is -0.351 e. The van der Waals surface area contributed by atoms with Crippen molar-refractivity contribution in [2.45, 2.75) is 19.8 Å². The Morgan fingerprint density at radius 1 is 1.25 bits per heavy atom. The number of carbonyl (C=O) groups excluding carboxylic acids is 1. The van der Waals surface area contributed by atoms with Gasteiger partial charge in [0.05, 0.1) is 0 Å². The molecule has 0 bridgehead atoms. The highest BCUT2D eigenvalue weighted by atomic mass is 19.2. The van der Waals surface area contributed by atoms with Gasteiger partial charge in [-0.15, -0.1) is 0 Å². The third kappa shape index (κ3) is 3.30. The molecule has 0 atom stereocenters. The number of nitrogens with one attached hydrogen (secondary N) is 2. The molecule has 0 aromatic heterocycles. The van der Waals surface area contributed by atoms with E-state index in [-0.39, 0.29) is 11.0 Å². The van der Waals surface area contributed by atoms with E-state index >= 15 is 0 Å². The van der Waals surface area contributed by atoms with Crippen LogP contribution >= 0.6 is 0 Å². The second-order valence-corrected chi connectivity index (χ2v) is 5.50. The maximum absolute atomic E-state index is 13.1. The zero-order valence-electron chi connectivity index (χ0n) is 11.2.